The Labute approximate surface area is 187 Å². The van der Waals surface area contributed by atoms with E-state index in [1.54, 1.807) is 0 Å². The fourth-order valence-corrected chi connectivity index (χ4v) is 4.95. The topological polar surface area (TPSA) is 65.1 Å². The molecule has 0 N–H and O–H groups in total. The van der Waals surface area contributed by atoms with Crippen molar-refractivity contribution >= 4 is 12.1 Å². The highest BCUT2D eigenvalue weighted by atomic mass is 19.1. The lowest BCUT2D eigenvalue weighted by atomic mass is 9.56. The summed E-state index contributed by atoms with van der Waals surface area (Å²) < 4.78 is 43.4. The van der Waals surface area contributed by atoms with Crippen LogP contribution in [0.25, 0.3) is 0 Å². The van der Waals surface area contributed by atoms with Crippen LogP contribution in [0.1, 0.15) is 68.6 Å². The number of carbonyl (C=O) groups is 2. The zero-order valence-electron chi connectivity index (χ0n) is 18.8. The summed E-state index contributed by atoms with van der Waals surface area (Å²) in [5, 5.41) is 0. The number of piperidine rings is 1. The molecule has 0 unspecified atom stereocenters. The van der Waals surface area contributed by atoms with E-state index in [0.717, 1.165) is 83.7 Å². The maximum absolute atomic E-state index is 14.1. The van der Waals surface area contributed by atoms with E-state index < -0.39 is 23.2 Å². The molecule has 4 rings (SSSR count). The fraction of sp³-hybridized carbons (Fsp3) is 0.667. The van der Waals surface area contributed by atoms with Crippen LogP contribution in [0, 0.1) is 23.0 Å². The van der Waals surface area contributed by atoms with E-state index >= 15 is 0 Å². The molecule has 1 aromatic carbocycles. The van der Waals surface area contributed by atoms with Crippen molar-refractivity contribution < 1.29 is 32.6 Å². The number of rotatable bonds is 7. The van der Waals surface area contributed by atoms with Gasteiger partial charge in [0, 0.05) is 19.2 Å². The molecule has 0 radical (unpaired) electrons. The lowest BCUT2D eigenvalue weighted by Gasteiger charge is -2.52. The molecule has 32 heavy (non-hydrogen) atoms. The van der Waals surface area contributed by atoms with Gasteiger partial charge in [0.1, 0.15) is 11.4 Å². The number of halogens is 2. The number of amides is 1. The number of likely N-dealkylation sites (tertiary alicyclic amines) is 1. The van der Waals surface area contributed by atoms with Crippen molar-refractivity contribution in [1.29, 1.82) is 0 Å². The van der Waals surface area contributed by atoms with Crippen molar-refractivity contribution in [2.45, 2.75) is 63.9 Å². The van der Waals surface area contributed by atoms with Crippen molar-refractivity contribution in [3.8, 4) is 5.75 Å². The molecule has 1 aliphatic heterocycles. The molecule has 1 heterocycles. The second kappa shape index (κ2) is 8.87. The number of hydrogen-bond donors (Lipinski definition) is 0. The van der Waals surface area contributed by atoms with E-state index in [-0.39, 0.29) is 24.1 Å². The van der Waals surface area contributed by atoms with Crippen LogP contribution < -0.4 is 4.74 Å². The van der Waals surface area contributed by atoms with E-state index in [9.17, 15) is 18.4 Å². The third-order valence-electron chi connectivity index (χ3n) is 7.25. The van der Waals surface area contributed by atoms with Crippen molar-refractivity contribution in [3.63, 3.8) is 0 Å². The van der Waals surface area contributed by atoms with E-state index in [1.807, 2.05) is 11.8 Å². The molecule has 8 heteroatoms. The average Bonchev–Trinajstić information content (AvgIpc) is 3.47. The molecule has 6 nitrogen and oxygen atoms in total. The van der Waals surface area contributed by atoms with E-state index in [2.05, 4.69) is 4.74 Å². The van der Waals surface area contributed by atoms with Gasteiger partial charge in [-0.05, 0) is 75.7 Å². The first kappa shape index (κ1) is 22.8. The summed E-state index contributed by atoms with van der Waals surface area (Å²) in [4.78, 5) is 25.5. The molecule has 0 aromatic heterocycles. The van der Waals surface area contributed by atoms with Crippen LogP contribution in [0.2, 0.25) is 0 Å². The molecule has 176 valence electrons. The maximum atomic E-state index is 14.1. The number of methoxy groups -OCH3 is 1. The molecule has 3 fully saturated rings. The van der Waals surface area contributed by atoms with Gasteiger partial charge in [-0.15, -0.1) is 0 Å². The van der Waals surface area contributed by atoms with E-state index in [4.69, 9.17) is 9.47 Å². The minimum absolute atomic E-state index is 0.170. The minimum atomic E-state index is -0.924. The highest BCUT2D eigenvalue weighted by Crippen LogP contribution is 2.54. The quantitative estimate of drug-likeness (QED) is 0.427. The van der Waals surface area contributed by atoms with Crippen LogP contribution >= 0.6 is 0 Å². The van der Waals surface area contributed by atoms with Crippen LogP contribution in [0.4, 0.5) is 13.6 Å². The second-order valence-corrected chi connectivity index (χ2v) is 9.82. The lowest BCUT2D eigenvalue weighted by Crippen LogP contribution is -2.49. The lowest BCUT2D eigenvalue weighted by molar-refractivity contribution is -0.0231. The summed E-state index contributed by atoms with van der Waals surface area (Å²) in [6.45, 7) is 3.79. The molecule has 0 bridgehead atoms. The highest BCUT2D eigenvalue weighted by molar-refractivity contribution is 5.89. The first-order valence-corrected chi connectivity index (χ1v) is 11.4. The Morgan fingerprint density at radius 3 is 2.41 bits per heavy atom. The summed E-state index contributed by atoms with van der Waals surface area (Å²) in [7, 11) is 1.11. The zero-order valence-corrected chi connectivity index (χ0v) is 18.8. The smallest absolute Gasteiger partial charge is 0.410 e. The summed E-state index contributed by atoms with van der Waals surface area (Å²) >= 11 is 0. The van der Waals surface area contributed by atoms with Crippen LogP contribution in [-0.2, 0) is 9.47 Å². The molecule has 0 atom stereocenters. The van der Waals surface area contributed by atoms with Gasteiger partial charge in [-0.25, -0.2) is 18.4 Å². The molecular formula is C24H31F2NO5. The summed E-state index contributed by atoms with van der Waals surface area (Å²) in [6.07, 6.45) is 7.79. The predicted octanol–water partition coefficient (Wildman–Crippen LogP) is 5.09. The van der Waals surface area contributed by atoms with Gasteiger partial charge in [0.15, 0.2) is 11.6 Å². The standard InChI is InChI=1S/C24H31F2NO5/c1-23(5-6-23)32-22(29)27-9-7-24(8-10-27)14-16(15-24)4-3-11-31-20-13-18(25)17(12-19(20)26)21(28)30-2/h12-13,16H,3-11,14-15H2,1-2H3. The first-order valence-electron chi connectivity index (χ1n) is 11.4. The Morgan fingerprint density at radius 1 is 1.09 bits per heavy atom. The van der Waals surface area contributed by atoms with Gasteiger partial charge in [0.25, 0.3) is 0 Å². The van der Waals surface area contributed by atoms with Gasteiger partial charge in [-0.2, -0.15) is 0 Å². The molecule has 1 saturated heterocycles. The van der Waals surface area contributed by atoms with Crippen LogP contribution in [0.5, 0.6) is 5.75 Å². The van der Waals surface area contributed by atoms with E-state index in [0.29, 0.717) is 11.3 Å². The minimum Gasteiger partial charge on any atom is -0.490 e. The molecule has 3 aliphatic rings. The molecule has 1 spiro atoms. The number of carbonyl (C=O) groups excluding carboxylic acids is 2. The second-order valence-electron chi connectivity index (χ2n) is 9.82. The van der Waals surface area contributed by atoms with Gasteiger partial charge in [-0.1, -0.05) is 0 Å². The van der Waals surface area contributed by atoms with Crippen LogP contribution in [0.3, 0.4) is 0 Å². The van der Waals surface area contributed by atoms with Gasteiger partial charge < -0.3 is 19.1 Å². The Morgan fingerprint density at radius 2 is 1.78 bits per heavy atom. The summed E-state index contributed by atoms with van der Waals surface area (Å²) in [5.41, 5.74) is -0.336. The predicted molar refractivity (Wildman–Crippen MR) is 113 cm³/mol. The molecular weight excluding hydrogens is 420 g/mol. The van der Waals surface area contributed by atoms with Crippen molar-refractivity contribution in [1.82, 2.24) is 4.90 Å². The zero-order chi connectivity index (χ0) is 22.9. The first-order chi connectivity index (χ1) is 15.2. The molecule has 2 saturated carbocycles. The third-order valence-corrected chi connectivity index (χ3v) is 7.25. The monoisotopic (exact) mass is 451 g/mol. The van der Waals surface area contributed by atoms with Crippen molar-refractivity contribution in [2.75, 3.05) is 26.8 Å². The van der Waals surface area contributed by atoms with Crippen molar-refractivity contribution in [2.24, 2.45) is 11.3 Å². The Hall–Kier alpha value is -2.38. The third kappa shape index (κ3) is 4.99. The maximum Gasteiger partial charge on any atom is 0.410 e. The number of nitrogens with zero attached hydrogens (tertiary/aromatic N) is 1. The Bertz CT molecular complexity index is 869. The average molecular weight is 452 g/mol. The normalized spacial score (nSPS) is 21.1. The van der Waals surface area contributed by atoms with Gasteiger partial charge in [-0.3, -0.25) is 0 Å². The highest BCUT2D eigenvalue weighted by Gasteiger charge is 2.47. The fourth-order valence-electron chi connectivity index (χ4n) is 4.95. The number of benzene rings is 1. The summed E-state index contributed by atoms with van der Waals surface area (Å²) in [6, 6.07) is 1.70. The van der Waals surface area contributed by atoms with Crippen LogP contribution in [-0.4, -0.2) is 49.4 Å². The largest absolute Gasteiger partial charge is 0.490 e. The van der Waals surface area contributed by atoms with Crippen molar-refractivity contribution in [3.05, 3.63) is 29.3 Å². The number of hydrogen-bond acceptors (Lipinski definition) is 5. The van der Waals surface area contributed by atoms with Gasteiger partial charge >= 0.3 is 12.1 Å². The molecule has 2 aliphatic carbocycles. The Kier molecular flexibility index (Phi) is 6.32. The number of ether oxygens (including phenoxy) is 3. The van der Waals surface area contributed by atoms with Gasteiger partial charge in [0.2, 0.25) is 0 Å². The van der Waals surface area contributed by atoms with Gasteiger partial charge in [0.05, 0.1) is 19.3 Å². The summed E-state index contributed by atoms with van der Waals surface area (Å²) in [5.74, 6) is -2.16. The Balaban J connectivity index is 1.15. The van der Waals surface area contributed by atoms with Crippen LogP contribution in [0.15, 0.2) is 12.1 Å². The molecule has 1 amide bonds. The molecule has 1 aromatic rings. The SMILES string of the molecule is COC(=O)c1cc(F)c(OCCCC2CC3(CCN(C(=O)OC4(C)CC4)CC3)C2)cc1F. The van der Waals surface area contributed by atoms with E-state index in [1.165, 1.54) is 0 Å². The number of esters is 1.